The summed E-state index contributed by atoms with van der Waals surface area (Å²) in [5.41, 5.74) is 1.16. The Labute approximate surface area is 90.4 Å². The standard InChI is InChI=1S/C7H7N3O5S/c11-7(8-10(12)13)9-16(14,15)6-4-2-1-3-5-6/h1-5H,(H2,8,9,11). The number of nitro groups is 1. The van der Waals surface area contributed by atoms with Gasteiger partial charge in [-0.1, -0.05) is 18.2 Å². The molecule has 1 aromatic carbocycles. The van der Waals surface area contributed by atoms with Crippen molar-refractivity contribution < 1.29 is 18.2 Å². The van der Waals surface area contributed by atoms with Gasteiger partial charge in [0.25, 0.3) is 10.0 Å². The van der Waals surface area contributed by atoms with Crippen molar-refractivity contribution in [1.29, 1.82) is 0 Å². The summed E-state index contributed by atoms with van der Waals surface area (Å²) in [4.78, 5) is 20.5. The maximum absolute atomic E-state index is 11.4. The molecule has 0 aliphatic heterocycles. The van der Waals surface area contributed by atoms with Crippen molar-refractivity contribution >= 4 is 16.1 Å². The summed E-state index contributed by atoms with van der Waals surface area (Å²) in [5, 5.41) is 8.71. The summed E-state index contributed by atoms with van der Waals surface area (Å²) in [6, 6.07) is 5.59. The van der Waals surface area contributed by atoms with E-state index in [1.807, 2.05) is 0 Å². The second-order valence-corrected chi connectivity index (χ2v) is 4.30. The average Bonchev–Trinajstić information content (AvgIpc) is 2.16. The number of hydrogen-bond donors (Lipinski definition) is 2. The molecule has 0 heterocycles. The van der Waals surface area contributed by atoms with Crippen LogP contribution in [0.25, 0.3) is 0 Å². The molecular formula is C7H7N3O5S. The van der Waals surface area contributed by atoms with Gasteiger partial charge in [-0.15, -0.1) is 0 Å². The molecule has 0 unspecified atom stereocenters. The van der Waals surface area contributed by atoms with E-state index in [2.05, 4.69) is 0 Å². The molecule has 2 amide bonds. The molecule has 16 heavy (non-hydrogen) atoms. The number of amides is 2. The highest BCUT2D eigenvalue weighted by atomic mass is 32.2. The summed E-state index contributed by atoms with van der Waals surface area (Å²) in [5.74, 6) is 0. The van der Waals surface area contributed by atoms with Crippen LogP contribution in [-0.4, -0.2) is 19.5 Å². The molecule has 0 radical (unpaired) electrons. The van der Waals surface area contributed by atoms with Gasteiger partial charge in [-0.05, 0) is 17.6 Å². The van der Waals surface area contributed by atoms with Crippen LogP contribution >= 0.6 is 0 Å². The quantitative estimate of drug-likeness (QED) is 0.567. The smallest absolute Gasteiger partial charge is 0.242 e. The Morgan fingerprint density at radius 3 is 2.31 bits per heavy atom. The Kier molecular flexibility index (Phi) is 3.40. The van der Waals surface area contributed by atoms with E-state index in [4.69, 9.17) is 0 Å². The van der Waals surface area contributed by atoms with E-state index in [9.17, 15) is 23.3 Å². The largest absolute Gasteiger partial charge is 0.386 e. The lowest BCUT2D eigenvalue weighted by atomic mass is 10.4. The SMILES string of the molecule is O=C(N[N+](=O)[O-])NS(=O)(=O)c1ccccc1. The Balaban J connectivity index is 2.81. The molecule has 0 saturated heterocycles. The van der Waals surface area contributed by atoms with Crippen LogP contribution in [0.4, 0.5) is 4.79 Å². The van der Waals surface area contributed by atoms with Crippen LogP contribution in [-0.2, 0) is 10.0 Å². The highest BCUT2D eigenvalue weighted by Gasteiger charge is 2.19. The third-order valence-electron chi connectivity index (χ3n) is 1.47. The van der Waals surface area contributed by atoms with E-state index < -0.39 is 21.1 Å². The van der Waals surface area contributed by atoms with E-state index in [0.29, 0.717) is 0 Å². The molecule has 0 bridgehead atoms. The van der Waals surface area contributed by atoms with Crippen LogP contribution in [0.2, 0.25) is 0 Å². The topological polar surface area (TPSA) is 118 Å². The molecular weight excluding hydrogens is 238 g/mol. The van der Waals surface area contributed by atoms with Crippen LogP contribution in [0.15, 0.2) is 35.2 Å². The zero-order valence-corrected chi connectivity index (χ0v) is 8.60. The molecule has 1 rings (SSSR count). The number of nitrogens with one attached hydrogen (secondary N) is 2. The fourth-order valence-electron chi connectivity index (χ4n) is 0.886. The Morgan fingerprint density at radius 1 is 1.25 bits per heavy atom. The predicted octanol–water partition coefficient (Wildman–Crippen LogP) is -0.134. The van der Waals surface area contributed by atoms with Crippen molar-refractivity contribution in [3.8, 4) is 0 Å². The Bertz CT molecular complexity index is 498. The zero-order chi connectivity index (χ0) is 12.2. The van der Waals surface area contributed by atoms with Gasteiger partial charge >= 0.3 is 6.03 Å². The predicted molar refractivity (Wildman–Crippen MR) is 52.3 cm³/mol. The van der Waals surface area contributed by atoms with Gasteiger partial charge in [0.1, 0.15) is 0 Å². The fraction of sp³-hybridized carbons (Fsp3) is 0. The lowest BCUT2D eigenvalue weighted by molar-refractivity contribution is -0.527. The number of hydrazine groups is 1. The van der Waals surface area contributed by atoms with Gasteiger partial charge in [-0.3, -0.25) is 0 Å². The second kappa shape index (κ2) is 4.57. The van der Waals surface area contributed by atoms with E-state index >= 15 is 0 Å². The minimum Gasteiger partial charge on any atom is -0.242 e. The van der Waals surface area contributed by atoms with E-state index in [-0.39, 0.29) is 4.90 Å². The molecule has 0 spiro atoms. The third kappa shape index (κ3) is 3.20. The van der Waals surface area contributed by atoms with Crippen LogP contribution in [0, 0.1) is 10.1 Å². The number of carbonyl (C=O) groups excluding carboxylic acids is 1. The van der Waals surface area contributed by atoms with Crippen molar-refractivity contribution in [2.24, 2.45) is 0 Å². The van der Waals surface area contributed by atoms with E-state index in [0.717, 1.165) is 5.43 Å². The number of rotatable bonds is 3. The Hall–Kier alpha value is -2.16. The maximum Gasteiger partial charge on any atom is 0.386 e. The normalized spacial score (nSPS) is 10.5. The molecule has 2 N–H and O–H groups in total. The van der Waals surface area contributed by atoms with Gasteiger partial charge in [-0.25, -0.2) is 28.0 Å². The van der Waals surface area contributed by atoms with Gasteiger partial charge in [-0.2, -0.15) is 0 Å². The third-order valence-corrected chi connectivity index (χ3v) is 2.82. The van der Waals surface area contributed by atoms with Gasteiger partial charge in [0.05, 0.1) is 4.90 Å². The lowest BCUT2D eigenvalue weighted by Gasteiger charge is -2.03. The summed E-state index contributed by atoms with van der Waals surface area (Å²) < 4.78 is 24.3. The molecule has 0 aromatic heterocycles. The monoisotopic (exact) mass is 245 g/mol. The molecule has 0 saturated carbocycles. The first-order chi connectivity index (χ1) is 7.42. The lowest BCUT2D eigenvalue weighted by Crippen LogP contribution is -2.42. The molecule has 0 atom stereocenters. The average molecular weight is 245 g/mol. The van der Waals surface area contributed by atoms with Gasteiger partial charge in [0, 0.05) is 0 Å². The molecule has 0 aliphatic carbocycles. The van der Waals surface area contributed by atoms with Crippen molar-refractivity contribution in [2.75, 3.05) is 0 Å². The summed E-state index contributed by atoms with van der Waals surface area (Å²) in [6.07, 6.45) is 0. The molecule has 0 fully saturated rings. The summed E-state index contributed by atoms with van der Waals surface area (Å²) in [7, 11) is -4.07. The number of urea groups is 1. The van der Waals surface area contributed by atoms with Crippen LogP contribution in [0.3, 0.4) is 0 Å². The van der Waals surface area contributed by atoms with Crippen LogP contribution in [0.1, 0.15) is 0 Å². The highest BCUT2D eigenvalue weighted by molar-refractivity contribution is 7.90. The number of hydrogen-bond acceptors (Lipinski definition) is 5. The minimum absolute atomic E-state index is 0.159. The Morgan fingerprint density at radius 2 is 1.81 bits per heavy atom. The second-order valence-electron chi connectivity index (χ2n) is 2.62. The summed E-state index contributed by atoms with van der Waals surface area (Å²) in [6.45, 7) is 0. The first kappa shape index (κ1) is 11.9. The van der Waals surface area contributed by atoms with Crippen molar-refractivity contribution in [1.82, 2.24) is 10.1 Å². The minimum atomic E-state index is -4.07. The molecule has 8 nitrogen and oxygen atoms in total. The van der Waals surface area contributed by atoms with Gasteiger partial charge < -0.3 is 0 Å². The van der Waals surface area contributed by atoms with Gasteiger partial charge in [0.15, 0.2) is 5.03 Å². The molecule has 9 heteroatoms. The van der Waals surface area contributed by atoms with Crippen LogP contribution < -0.4 is 10.1 Å². The molecule has 86 valence electrons. The zero-order valence-electron chi connectivity index (χ0n) is 7.78. The van der Waals surface area contributed by atoms with Crippen LogP contribution in [0.5, 0.6) is 0 Å². The number of nitrogens with zero attached hydrogens (tertiary/aromatic N) is 1. The maximum atomic E-state index is 11.4. The van der Waals surface area contributed by atoms with Crippen molar-refractivity contribution in [2.45, 2.75) is 4.90 Å². The fourth-order valence-corrected chi connectivity index (χ4v) is 1.81. The van der Waals surface area contributed by atoms with Gasteiger partial charge in [0.2, 0.25) is 0 Å². The van der Waals surface area contributed by atoms with E-state index in [1.54, 1.807) is 6.07 Å². The first-order valence-corrected chi connectivity index (χ1v) is 5.43. The number of carbonyl (C=O) groups is 1. The van der Waals surface area contributed by atoms with Crippen molar-refractivity contribution in [3.05, 3.63) is 40.4 Å². The first-order valence-electron chi connectivity index (χ1n) is 3.95. The summed E-state index contributed by atoms with van der Waals surface area (Å²) >= 11 is 0. The highest BCUT2D eigenvalue weighted by Crippen LogP contribution is 2.06. The number of sulfonamides is 1. The van der Waals surface area contributed by atoms with E-state index in [1.165, 1.54) is 29.0 Å². The molecule has 0 aliphatic rings. The number of benzene rings is 1. The van der Waals surface area contributed by atoms with Crippen molar-refractivity contribution in [3.63, 3.8) is 0 Å². The molecule has 1 aromatic rings.